The second-order valence-corrected chi connectivity index (χ2v) is 4.97. The van der Waals surface area contributed by atoms with Crippen molar-refractivity contribution < 1.29 is 4.79 Å². The molecule has 4 N–H and O–H groups in total. The maximum absolute atomic E-state index is 11.5. The first-order chi connectivity index (χ1) is 9.11. The van der Waals surface area contributed by atoms with Crippen LogP contribution in [0.1, 0.15) is 23.7 Å². The van der Waals surface area contributed by atoms with Crippen LogP contribution in [0.15, 0.2) is 18.2 Å². The number of carbonyl (C=O) groups is 1. The Morgan fingerprint density at radius 3 is 2.53 bits per heavy atom. The number of nitrogen functional groups attached to an aromatic ring is 1. The zero-order chi connectivity index (χ0) is 13.8. The van der Waals surface area contributed by atoms with Gasteiger partial charge in [0.15, 0.2) is 0 Å². The summed E-state index contributed by atoms with van der Waals surface area (Å²) in [6.07, 6.45) is 1.18. The highest BCUT2D eigenvalue weighted by Crippen LogP contribution is 2.24. The standard InChI is InChI=1S/C14H22N4O/c1-2-5-17-6-8-18(9-7-17)13-4-3-11(15)10-12(13)14(16)19/h3-4,10H,2,5-9,15H2,1H3,(H2,16,19). The van der Waals surface area contributed by atoms with Crippen molar-refractivity contribution >= 4 is 17.3 Å². The number of benzene rings is 1. The fraction of sp³-hybridized carbons (Fsp3) is 0.500. The number of hydrogen-bond donors (Lipinski definition) is 2. The summed E-state index contributed by atoms with van der Waals surface area (Å²) in [6, 6.07) is 5.38. The first-order valence-corrected chi connectivity index (χ1v) is 6.78. The van der Waals surface area contributed by atoms with Gasteiger partial charge in [0.05, 0.1) is 5.56 Å². The molecule has 0 bridgehead atoms. The topological polar surface area (TPSA) is 75.6 Å². The Bertz CT molecular complexity index is 453. The Labute approximate surface area is 114 Å². The van der Waals surface area contributed by atoms with Crippen LogP contribution in [0.4, 0.5) is 11.4 Å². The Morgan fingerprint density at radius 1 is 1.26 bits per heavy atom. The Kier molecular flexibility index (Phi) is 4.27. The average Bonchev–Trinajstić information content (AvgIpc) is 2.40. The van der Waals surface area contributed by atoms with Crippen molar-refractivity contribution in [3.05, 3.63) is 23.8 Å². The molecule has 0 aromatic heterocycles. The molecule has 5 nitrogen and oxygen atoms in total. The maximum Gasteiger partial charge on any atom is 0.250 e. The van der Waals surface area contributed by atoms with Gasteiger partial charge < -0.3 is 16.4 Å². The molecule has 0 spiro atoms. The SMILES string of the molecule is CCCN1CCN(c2ccc(N)cc2C(N)=O)CC1. The van der Waals surface area contributed by atoms with Gasteiger partial charge in [0.1, 0.15) is 0 Å². The van der Waals surface area contributed by atoms with E-state index in [0.717, 1.165) is 38.4 Å². The van der Waals surface area contributed by atoms with Crippen LogP contribution in [0, 0.1) is 0 Å². The van der Waals surface area contributed by atoms with Crippen molar-refractivity contribution in [1.29, 1.82) is 0 Å². The van der Waals surface area contributed by atoms with Crippen molar-refractivity contribution in [3.8, 4) is 0 Å². The molecule has 0 saturated carbocycles. The summed E-state index contributed by atoms with van der Waals surface area (Å²) >= 11 is 0. The van der Waals surface area contributed by atoms with Crippen molar-refractivity contribution in [2.24, 2.45) is 5.73 Å². The van der Waals surface area contributed by atoms with Gasteiger partial charge in [0.2, 0.25) is 0 Å². The van der Waals surface area contributed by atoms with Crippen molar-refractivity contribution in [2.75, 3.05) is 43.4 Å². The number of anilines is 2. The van der Waals surface area contributed by atoms with E-state index in [9.17, 15) is 4.79 Å². The van der Waals surface area contributed by atoms with E-state index >= 15 is 0 Å². The lowest BCUT2D eigenvalue weighted by atomic mass is 10.1. The lowest BCUT2D eigenvalue weighted by Gasteiger charge is -2.36. The van der Waals surface area contributed by atoms with Crippen LogP contribution >= 0.6 is 0 Å². The van der Waals surface area contributed by atoms with Crippen LogP contribution in [-0.2, 0) is 0 Å². The first kappa shape index (κ1) is 13.7. The molecule has 5 heteroatoms. The largest absolute Gasteiger partial charge is 0.399 e. The normalized spacial score (nSPS) is 16.6. The summed E-state index contributed by atoms with van der Waals surface area (Å²) in [5.74, 6) is -0.418. The minimum Gasteiger partial charge on any atom is -0.399 e. The molecule has 1 heterocycles. The van der Waals surface area contributed by atoms with Gasteiger partial charge in [-0.3, -0.25) is 9.69 Å². The van der Waals surface area contributed by atoms with Gasteiger partial charge in [-0.1, -0.05) is 6.92 Å². The summed E-state index contributed by atoms with van der Waals surface area (Å²) < 4.78 is 0. The minimum absolute atomic E-state index is 0.418. The maximum atomic E-state index is 11.5. The van der Waals surface area contributed by atoms with Gasteiger partial charge in [-0.25, -0.2) is 0 Å². The van der Waals surface area contributed by atoms with Gasteiger partial charge >= 0.3 is 0 Å². The second kappa shape index (κ2) is 5.93. The van der Waals surface area contributed by atoms with Gasteiger partial charge in [-0.15, -0.1) is 0 Å². The van der Waals surface area contributed by atoms with Crippen molar-refractivity contribution in [2.45, 2.75) is 13.3 Å². The van der Waals surface area contributed by atoms with E-state index in [0.29, 0.717) is 11.3 Å². The Hall–Kier alpha value is -1.75. The molecule has 1 fully saturated rings. The molecule has 0 atom stereocenters. The van der Waals surface area contributed by atoms with Crippen LogP contribution in [0.25, 0.3) is 0 Å². The lowest BCUT2D eigenvalue weighted by Crippen LogP contribution is -2.47. The molecular formula is C14H22N4O. The zero-order valence-electron chi connectivity index (χ0n) is 11.4. The third-order valence-electron chi connectivity index (χ3n) is 3.54. The minimum atomic E-state index is -0.418. The summed E-state index contributed by atoms with van der Waals surface area (Å²) in [6.45, 7) is 7.22. The fourth-order valence-corrected chi connectivity index (χ4v) is 2.56. The quantitative estimate of drug-likeness (QED) is 0.791. The van der Waals surface area contributed by atoms with Gasteiger partial charge in [0, 0.05) is 37.6 Å². The summed E-state index contributed by atoms with van der Waals surface area (Å²) in [7, 11) is 0. The second-order valence-electron chi connectivity index (χ2n) is 4.97. The summed E-state index contributed by atoms with van der Waals surface area (Å²) in [5, 5.41) is 0. The smallest absolute Gasteiger partial charge is 0.250 e. The fourth-order valence-electron chi connectivity index (χ4n) is 2.56. The number of nitrogens with two attached hydrogens (primary N) is 2. The average molecular weight is 262 g/mol. The zero-order valence-corrected chi connectivity index (χ0v) is 11.4. The van der Waals surface area contributed by atoms with E-state index < -0.39 is 5.91 Å². The molecule has 0 aliphatic carbocycles. The first-order valence-electron chi connectivity index (χ1n) is 6.78. The van der Waals surface area contributed by atoms with E-state index in [1.54, 1.807) is 6.07 Å². The lowest BCUT2D eigenvalue weighted by molar-refractivity contribution is 0.100. The molecule has 1 saturated heterocycles. The Balaban J connectivity index is 2.13. The molecular weight excluding hydrogens is 240 g/mol. The van der Waals surface area contributed by atoms with E-state index in [4.69, 9.17) is 11.5 Å². The van der Waals surface area contributed by atoms with E-state index in [2.05, 4.69) is 16.7 Å². The van der Waals surface area contributed by atoms with Crippen molar-refractivity contribution in [1.82, 2.24) is 4.90 Å². The molecule has 1 aliphatic rings. The number of amides is 1. The Morgan fingerprint density at radius 2 is 1.95 bits per heavy atom. The highest BCUT2D eigenvalue weighted by atomic mass is 16.1. The summed E-state index contributed by atoms with van der Waals surface area (Å²) in [5.41, 5.74) is 13.1. The number of carbonyl (C=O) groups excluding carboxylic acids is 1. The van der Waals surface area contributed by atoms with Crippen LogP contribution in [0.2, 0.25) is 0 Å². The van der Waals surface area contributed by atoms with Crippen LogP contribution in [-0.4, -0.2) is 43.5 Å². The van der Waals surface area contributed by atoms with Gasteiger partial charge in [0.25, 0.3) is 5.91 Å². The molecule has 2 rings (SSSR count). The van der Waals surface area contributed by atoms with Gasteiger partial charge in [-0.05, 0) is 31.2 Å². The predicted molar refractivity (Wildman–Crippen MR) is 78.3 cm³/mol. The molecule has 1 aromatic carbocycles. The van der Waals surface area contributed by atoms with Crippen LogP contribution in [0.3, 0.4) is 0 Å². The molecule has 1 aliphatic heterocycles. The third kappa shape index (κ3) is 3.17. The number of rotatable bonds is 4. The number of piperazine rings is 1. The third-order valence-corrected chi connectivity index (χ3v) is 3.54. The molecule has 0 radical (unpaired) electrons. The monoisotopic (exact) mass is 262 g/mol. The number of hydrogen-bond acceptors (Lipinski definition) is 4. The highest BCUT2D eigenvalue weighted by molar-refractivity contribution is 5.99. The molecule has 0 unspecified atom stereocenters. The van der Waals surface area contributed by atoms with E-state index in [1.807, 2.05) is 12.1 Å². The van der Waals surface area contributed by atoms with E-state index in [-0.39, 0.29) is 0 Å². The highest BCUT2D eigenvalue weighted by Gasteiger charge is 2.20. The molecule has 19 heavy (non-hydrogen) atoms. The molecule has 104 valence electrons. The van der Waals surface area contributed by atoms with Crippen molar-refractivity contribution in [3.63, 3.8) is 0 Å². The van der Waals surface area contributed by atoms with Gasteiger partial charge in [-0.2, -0.15) is 0 Å². The number of primary amides is 1. The van der Waals surface area contributed by atoms with E-state index in [1.165, 1.54) is 6.42 Å². The molecule has 1 amide bonds. The van der Waals surface area contributed by atoms with Crippen LogP contribution in [0.5, 0.6) is 0 Å². The van der Waals surface area contributed by atoms with Crippen LogP contribution < -0.4 is 16.4 Å². The summed E-state index contributed by atoms with van der Waals surface area (Å²) in [4.78, 5) is 16.2. The number of nitrogens with zero attached hydrogens (tertiary/aromatic N) is 2. The molecule has 1 aromatic rings. The predicted octanol–water partition coefficient (Wildman–Crippen LogP) is 0.900.